The number of amides is 3. The molecule has 0 aromatic rings. The zero-order valence-corrected chi connectivity index (χ0v) is 16.1. The van der Waals surface area contributed by atoms with Crippen LogP contribution in [0.3, 0.4) is 0 Å². The van der Waals surface area contributed by atoms with Gasteiger partial charge in [-0.05, 0) is 57.8 Å². The predicted octanol–water partition coefficient (Wildman–Crippen LogP) is 3.75. The molecular weight excluding hydrogens is 326 g/mol. The summed E-state index contributed by atoms with van der Waals surface area (Å²) in [7, 11) is 0. The van der Waals surface area contributed by atoms with Crippen LogP contribution in [0, 0.1) is 5.92 Å². The van der Waals surface area contributed by atoms with Gasteiger partial charge in [0.2, 0.25) is 5.91 Å². The smallest absolute Gasteiger partial charge is 0.317 e. The number of rotatable bonds is 5. The Kier molecular flexibility index (Phi) is 7.39. The van der Waals surface area contributed by atoms with E-state index in [1.54, 1.807) is 0 Å². The summed E-state index contributed by atoms with van der Waals surface area (Å²) in [6, 6.07) is 0.357. The van der Waals surface area contributed by atoms with Gasteiger partial charge in [0.15, 0.2) is 0 Å². The summed E-state index contributed by atoms with van der Waals surface area (Å²) in [4.78, 5) is 26.9. The third-order valence-electron chi connectivity index (χ3n) is 6.14. The van der Waals surface area contributed by atoms with E-state index < -0.39 is 0 Å². The molecule has 26 heavy (non-hydrogen) atoms. The lowest BCUT2D eigenvalue weighted by molar-refractivity contribution is -0.126. The van der Waals surface area contributed by atoms with Gasteiger partial charge in [0.1, 0.15) is 0 Å². The number of urea groups is 1. The van der Waals surface area contributed by atoms with E-state index in [0.717, 1.165) is 45.2 Å². The number of likely N-dealkylation sites (tertiary alicyclic amines) is 1. The highest BCUT2D eigenvalue weighted by atomic mass is 16.2. The SMILES string of the molecule is O=C(NCCC1=CCCCC1)C1CCCN(C(=O)NC2CCCCC2)C1. The molecule has 2 fully saturated rings. The molecule has 0 aromatic carbocycles. The fourth-order valence-electron chi connectivity index (χ4n) is 4.51. The topological polar surface area (TPSA) is 61.4 Å². The summed E-state index contributed by atoms with van der Waals surface area (Å²) in [6.07, 6.45) is 16.0. The van der Waals surface area contributed by atoms with E-state index >= 15 is 0 Å². The predicted molar refractivity (Wildman–Crippen MR) is 104 cm³/mol. The largest absolute Gasteiger partial charge is 0.355 e. The number of hydrogen-bond donors (Lipinski definition) is 2. The Balaban J connectivity index is 1.39. The molecule has 146 valence electrons. The van der Waals surface area contributed by atoms with Gasteiger partial charge in [-0.1, -0.05) is 30.9 Å². The number of hydrogen-bond acceptors (Lipinski definition) is 2. The molecule has 3 amide bonds. The number of carbonyl (C=O) groups excluding carboxylic acids is 2. The Morgan fingerprint density at radius 3 is 2.65 bits per heavy atom. The molecule has 0 spiro atoms. The third-order valence-corrected chi connectivity index (χ3v) is 6.14. The Morgan fingerprint density at radius 2 is 1.88 bits per heavy atom. The first-order chi connectivity index (χ1) is 12.7. The van der Waals surface area contributed by atoms with E-state index in [0.29, 0.717) is 12.6 Å². The highest BCUT2D eigenvalue weighted by molar-refractivity contribution is 5.81. The van der Waals surface area contributed by atoms with Crippen molar-refractivity contribution in [2.45, 2.75) is 83.1 Å². The maximum atomic E-state index is 12.5. The second kappa shape index (κ2) is 9.98. The molecule has 5 nitrogen and oxygen atoms in total. The van der Waals surface area contributed by atoms with Crippen molar-refractivity contribution in [3.63, 3.8) is 0 Å². The van der Waals surface area contributed by atoms with Crippen molar-refractivity contribution in [1.29, 1.82) is 0 Å². The Bertz CT molecular complexity index is 511. The minimum atomic E-state index is -0.0545. The van der Waals surface area contributed by atoms with Crippen LogP contribution in [0.15, 0.2) is 11.6 Å². The summed E-state index contributed by atoms with van der Waals surface area (Å²) in [6.45, 7) is 2.07. The van der Waals surface area contributed by atoms with Gasteiger partial charge in [-0.3, -0.25) is 4.79 Å². The molecule has 0 bridgehead atoms. The van der Waals surface area contributed by atoms with Gasteiger partial charge in [0, 0.05) is 25.7 Å². The number of carbonyl (C=O) groups is 2. The van der Waals surface area contributed by atoms with Crippen molar-refractivity contribution in [2.24, 2.45) is 5.92 Å². The number of allylic oxidation sites excluding steroid dienone is 1. The Hall–Kier alpha value is -1.52. The van der Waals surface area contributed by atoms with E-state index in [4.69, 9.17) is 0 Å². The second-order valence-corrected chi connectivity index (χ2v) is 8.22. The van der Waals surface area contributed by atoms with E-state index in [9.17, 15) is 9.59 Å². The van der Waals surface area contributed by atoms with Crippen LogP contribution in [0.1, 0.15) is 77.0 Å². The molecule has 5 heteroatoms. The van der Waals surface area contributed by atoms with E-state index in [2.05, 4.69) is 16.7 Å². The standard InChI is InChI=1S/C21H35N3O2/c25-20(22-14-13-17-8-3-1-4-9-17)18-10-7-15-24(16-18)21(26)23-19-11-5-2-6-12-19/h8,18-19H,1-7,9-16H2,(H,22,25)(H,23,26). The number of nitrogens with one attached hydrogen (secondary N) is 2. The van der Waals surface area contributed by atoms with Crippen molar-refractivity contribution >= 4 is 11.9 Å². The lowest BCUT2D eigenvalue weighted by atomic mass is 9.95. The molecule has 2 N–H and O–H groups in total. The molecule has 0 aromatic heterocycles. The highest BCUT2D eigenvalue weighted by Gasteiger charge is 2.29. The van der Waals surface area contributed by atoms with Gasteiger partial charge in [0.05, 0.1) is 5.92 Å². The second-order valence-electron chi connectivity index (χ2n) is 8.22. The molecular formula is C21H35N3O2. The van der Waals surface area contributed by atoms with Crippen LogP contribution in [0.25, 0.3) is 0 Å². The lowest BCUT2D eigenvalue weighted by Gasteiger charge is -2.34. The van der Waals surface area contributed by atoms with E-state index in [-0.39, 0.29) is 17.9 Å². The fraction of sp³-hybridized carbons (Fsp3) is 0.810. The maximum absolute atomic E-state index is 12.5. The van der Waals surface area contributed by atoms with Crippen molar-refractivity contribution in [3.8, 4) is 0 Å². The first kappa shape index (κ1) is 19.2. The van der Waals surface area contributed by atoms with Gasteiger partial charge in [-0.2, -0.15) is 0 Å². The molecule has 3 aliphatic rings. The molecule has 1 saturated heterocycles. The molecule has 0 radical (unpaired) electrons. The van der Waals surface area contributed by atoms with Crippen molar-refractivity contribution < 1.29 is 9.59 Å². The van der Waals surface area contributed by atoms with Crippen LogP contribution < -0.4 is 10.6 Å². The number of nitrogens with zero attached hydrogens (tertiary/aromatic N) is 1. The minimum Gasteiger partial charge on any atom is -0.355 e. The van der Waals surface area contributed by atoms with Gasteiger partial charge in [-0.15, -0.1) is 0 Å². The molecule has 3 rings (SSSR count). The Morgan fingerprint density at radius 1 is 1.04 bits per heavy atom. The molecule has 1 unspecified atom stereocenters. The highest BCUT2D eigenvalue weighted by Crippen LogP contribution is 2.21. The van der Waals surface area contributed by atoms with E-state index in [1.165, 1.54) is 50.5 Å². The summed E-state index contributed by atoms with van der Waals surface area (Å²) in [5, 5.41) is 6.28. The average molecular weight is 362 g/mol. The zero-order valence-electron chi connectivity index (χ0n) is 16.1. The average Bonchev–Trinajstić information content (AvgIpc) is 2.69. The van der Waals surface area contributed by atoms with Crippen molar-refractivity contribution in [2.75, 3.05) is 19.6 Å². The van der Waals surface area contributed by atoms with Crippen LogP contribution in [0.4, 0.5) is 4.79 Å². The van der Waals surface area contributed by atoms with Crippen LogP contribution in [-0.2, 0) is 4.79 Å². The summed E-state index contributed by atoms with van der Waals surface area (Å²) >= 11 is 0. The van der Waals surface area contributed by atoms with Crippen molar-refractivity contribution in [1.82, 2.24) is 15.5 Å². The van der Waals surface area contributed by atoms with Crippen LogP contribution in [-0.4, -0.2) is 42.5 Å². The van der Waals surface area contributed by atoms with Gasteiger partial charge < -0.3 is 15.5 Å². The lowest BCUT2D eigenvalue weighted by Crippen LogP contribution is -2.51. The van der Waals surface area contributed by atoms with Crippen LogP contribution in [0.5, 0.6) is 0 Å². The zero-order chi connectivity index (χ0) is 18.2. The molecule has 1 heterocycles. The van der Waals surface area contributed by atoms with Gasteiger partial charge in [-0.25, -0.2) is 4.79 Å². The maximum Gasteiger partial charge on any atom is 0.317 e. The number of piperidine rings is 1. The molecule has 1 atom stereocenters. The van der Waals surface area contributed by atoms with E-state index in [1.807, 2.05) is 4.90 Å². The normalized spacial score (nSPS) is 24.7. The summed E-state index contributed by atoms with van der Waals surface area (Å²) in [5.74, 6) is 0.0674. The van der Waals surface area contributed by atoms with Crippen molar-refractivity contribution in [3.05, 3.63) is 11.6 Å². The monoisotopic (exact) mass is 361 g/mol. The van der Waals surface area contributed by atoms with Gasteiger partial charge >= 0.3 is 6.03 Å². The molecule has 1 aliphatic heterocycles. The molecule has 2 aliphatic carbocycles. The third kappa shape index (κ3) is 5.75. The van der Waals surface area contributed by atoms with Crippen LogP contribution in [0.2, 0.25) is 0 Å². The van der Waals surface area contributed by atoms with Crippen LogP contribution >= 0.6 is 0 Å². The fourth-order valence-corrected chi connectivity index (χ4v) is 4.51. The molecule has 1 saturated carbocycles. The van der Waals surface area contributed by atoms with Gasteiger partial charge in [0.25, 0.3) is 0 Å². The first-order valence-corrected chi connectivity index (χ1v) is 10.7. The minimum absolute atomic E-state index is 0.0294. The summed E-state index contributed by atoms with van der Waals surface area (Å²) < 4.78 is 0. The quantitative estimate of drug-likeness (QED) is 0.733. The summed E-state index contributed by atoms with van der Waals surface area (Å²) in [5.41, 5.74) is 1.49. The first-order valence-electron chi connectivity index (χ1n) is 10.7. The Labute approximate surface area is 158 Å².